The average Bonchev–Trinajstić information content (AvgIpc) is 3.08. The Labute approximate surface area is 114 Å². The maximum atomic E-state index is 9.28. The lowest BCUT2D eigenvalue weighted by Crippen LogP contribution is -2.27. The molecule has 19 heavy (non-hydrogen) atoms. The molecule has 0 saturated carbocycles. The van der Waals surface area contributed by atoms with E-state index in [1.165, 1.54) is 16.0 Å². The lowest BCUT2D eigenvalue weighted by atomic mass is 10.3. The molecule has 0 bridgehead atoms. The van der Waals surface area contributed by atoms with Crippen LogP contribution in [0.25, 0.3) is 5.13 Å². The molecule has 1 atom stereocenters. The number of hydrogen-bond acceptors (Lipinski definition) is 7. The lowest BCUT2D eigenvalue weighted by Gasteiger charge is -2.14. The van der Waals surface area contributed by atoms with Crippen molar-refractivity contribution >= 4 is 23.0 Å². The van der Waals surface area contributed by atoms with Crippen molar-refractivity contribution in [1.29, 1.82) is 5.26 Å². The third-order valence-electron chi connectivity index (χ3n) is 3.14. The second-order valence-electron chi connectivity index (χ2n) is 4.42. The molecule has 98 valence electrons. The molecule has 0 aromatic carbocycles. The molecule has 3 heterocycles. The first kappa shape index (κ1) is 12.0. The predicted molar refractivity (Wildman–Crippen MR) is 73.2 cm³/mol. The fourth-order valence-electron chi connectivity index (χ4n) is 2.19. The van der Waals surface area contributed by atoms with Gasteiger partial charge < -0.3 is 16.4 Å². The minimum Gasteiger partial charge on any atom is -0.382 e. The Bertz CT molecular complexity index is 624. The highest BCUT2D eigenvalue weighted by Gasteiger charge is 2.27. The monoisotopic (exact) mass is 275 g/mol. The SMILES string of the molecule is N#Cc1c(N2CCC(N)C2)nn(-c2nccs2)c1N. The highest BCUT2D eigenvalue weighted by molar-refractivity contribution is 7.12. The second-order valence-corrected chi connectivity index (χ2v) is 5.29. The van der Waals surface area contributed by atoms with E-state index < -0.39 is 0 Å². The number of nitrogen functional groups attached to an aromatic ring is 1. The van der Waals surface area contributed by atoms with Crippen LogP contribution in [-0.2, 0) is 0 Å². The predicted octanol–water partition coefficient (Wildman–Crippen LogP) is 0.320. The molecule has 1 fully saturated rings. The summed E-state index contributed by atoms with van der Waals surface area (Å²) < 4.78 is 1.52. The van der Waals surface area contributed by atoms with Crippen LogP contribution in [0.3, 0.4) is 0 Å². The van der Waals surface area contributed by atoms with Crippen LogP contribution in [0.4, 0.5) is 11.6 Å². The Hall–Kier alpha value is -2.11. The minimum atomic E-state index is 0.123. The summed E-state index contributed by atoms with van der Waals surface area (Å²) in [6.07, 6.45) is 2.58. The smallest absolute Gasteiger partial charge is 0.212 e. The minimum absolute atomic E-state index is 0.123. The van der Waals surface area contributed by atoms with Crippen molar-refractivity contribution in [1.82, 2.24) is 14.8 Å². The van der Waals surface area contributed by atoms with E-state index in [0.29, 0.717) is 28.9 Å². The first-order valence-corrected chi connectivity index (χ1v) is 6.77. The van der Waals surface area contributed by atoms with Gasteiger partial charge >= 0.3 is 0 Å². The zero-order chi connectivity index (χ0) is 13.4. The van der Waals surface area contributed by atoms with E-state index in [9.17, 15) is 5.26 Å². The van der Waals surface area contributed by atoms with Gasteiger partial charge in [-0.05, 0) is 6.42 Å². The van der Waals surface area contributed by atoms with Crippen LogP contribution in [0.2, 0.25) is 0 Å². The van der Waals surface area contributed by atoms with Gasteiger partial charge in [0.25, 0.3) is 0 Å². The maximum absolute atomic E-state index is 9.28. The van der Waals surface area contributed by atoms with E-state index in [2.05, 4.69) is 16.2 Å². The molecule has 4 N–H and O–H groups in total. The molecular formula is C11H13N7S. The van der Waals surface area contributed by atoms with Crippen LogP contribution in [0, 0.1) is 11.3 Å². The molecule has 0 aliphatic carbocycles. The van der Waals surface area contributed by atoms with Gasteiger partial charge in [0.05, 0.1) is 0 Å². The summed E-state index contributed by atoms with van der Waals surface area (Å²) in [4.78, 5) is 6.17. The summed E-state index contributed by atoms with van der Waals surface area (Å²) >= 11 is 1.42. The molecule has 8 heteroatoms. The third kappa shape index (κ3) is 1.93. The van der Waals surface area contributed by atoms with Crippen molar-refractivity contribution < 1.29 is 0 Å². The topological polar surface area (TPSA) is 110 Å². The van der Waals surface area contributed by atoms with Gasteiger partial charge in [0.1, 0.15) is 17.5 Å². The van der Waals surface area contributed by atoms with E-state index in [0.717, 1.165) is 13.0 Å². The van der Waals surface area contributed by atoms with Crippen LogP contribution in [0.1, 0.15) is 12.0 Å². The Morgan fingerprint density at radius 3 is 2.95 bits per heavy atom. The number of nitriles is 1. The zero-order valence-electron chi connectivity index (χ0n) is 10.2. The summed E-state index contributed by atoms with van der Waals surface area (Å²) in [5, 5.41) is 16.2. The fourth-order valence-corrected chi connectivity index (χ4v) is 2.80. The number of nitrogens with zero attached hydrogens (tertiary/aromatic N) is 5. The van der Waals surface area contributed by atoms with Crippen LogP contribution in [-0.4, -0.2) is 33.9 Å². The van der Waals surface area contributed by atoms with Crippen molar-refractivity contribution in [3.8, 4) is 11.2 Å². The Morgan fingerprint density at radius 2 is 2.37 bits per heavy atom. The van der Waals surface area contributed by atoms with Crippen molar-refractivity contribution in [2.24, 2.45) is 5.73 Å². The molecule has 0 spiro atoms. The molecule has 1 aliphatic rings. The molecule has 7 nitrogen and oxygen atoms in total. The van der Waals surface area contributed by atoms with Crippen molar-refractivity contribution in [2.45, 2.75) is 12.5 Å². The van der Waals surface area contributed by atoms with Gasteiger partial charge in [0, 0.05) is 30.7 Å². The first-order valence-electron chi connectivity index (χ1n) is 5.89. The van der Waals surface area contributed by atoms with E-state index in [4.69, 9.17) is 11.5 Å². The van der Waals surface area contributed by atoms with Crippen molar-refractivity contribution in [3.05, 3.63) is 17.1 Å². The van der Waals surface area contributed by atoms with E-state index >= 15 is 0 Å². The molecule has 2 aromatic heterocycles. The number of nitrogens with two attached hydrogens (primary N) is 2. The molecule has 1 aliphatic heterocycles. The summed E-state index contributed by atoms with van der Waals surface area (Å²) in [6.45, 7) is 1.49. The molecule has 1 unspecified atom stereocenters. The highest BCUT2D eigenvalue weighted by atomic mass is 32.1. The first-order chi connectivity index (χ1) is 9.20. The van der Waals surface area contributed by atoms with E-state index in [-0.39, 0.29) is 6.04 Å². The number of rotatable bonds is 2. The van der Waals surface area contributed by atoms with Gasteiger partial charge in [-0.15, -0.1) is 16.4 Å². The average molecular weight is 275 g/mol. The molecule has 1 saturated heterocycles. The Morgan fingerprint density at radius 1 is 1.53 bits per heavy atom. The summed E-state index contributed by atoms with van der Waals surface area (Å²) in [6, 6.07) is 2.25. The van der Waals surface area contributed by atoms with Gasteiger partial charge in [0.15, 0.2) is 5.82 Å². The largest absolute Gasteiger partial charge is 0.382 e. The van der Waals surface area contributed by atoms with E-state index in [1.54, 1.807) is 6.20 Å². The van der Waals surface area contributed by atoms with Crippen molar-refractivity contribution in [2.75, 3.05) is 23.7 Å². The lowest BCUT2D eigenvalue weighted by molar-refractivity contribution is 0.750. The summed E-state index contributed by atoms with van der Waals surface area (Å²) in [5.74, 6) is 0.927. The van der Waals surface area contributed by atoms with Crippen LogP contribution < -0.4 is 16.4 Å². The molecular weight excluding hydrogens is 262 g/mol. The normalized spacial score (nSPS) is 18.7. The number of thiazole rings is 1. The van der Waals surface area contributed by atoms with Gasteiger partial charge in [0.2, 0.25) is 5.13 Å². The van der Waals surface area contributed by atoms with Gasteiger partial charge in [-0.2, -0.15) is 9.94 Å². The molecule has 2 aromatic rings. The van der Waals surface area contributed by atoms with Crippen LogP contribution in [0.15, 0.2) is 11.6 Å². The highest BCUT2D eigenvalue weighted by Crippen LogP contribution is 2.29. The van der Waals surface area contributed by atoms with E-state index in [1.807, 2.05) is 10.3 Å². The van der Waals surface area contributed by atoms with Crippen molar-refractivity contribution in [3.63, 3.8) is 0 Å². The number of aromatic nitrogens is 3. The van der Waals surface area contributed by atoms with Gasteiger partial charge in [-0.3, -0.25) is 0 Å². The summed E-state index contributed by atoms with van der Waals surface area (Å²) in [7, 11) is 0. The summed E-state index contributed by atoms with van der Waals surface area (Å²) in [5.41, 5.74) is 12.3. The Balaban J connectivity index is 2.06. The maximum Gasteiger partial charge on any atom is 0.212 e. The standard InChI is InChI=1S/C11H13N7S/c12-5-8-9(14)18(11-15-2-4-19-11)16-10(8)17-3-1-7(13)6-17/h2,4,7H,1,3,6,13-14H2. The quantitative estimate of drug-likeness (QED) is 0.816. The van der Waals surface area contributed by atoms with Crippen LogP contribution >= 0.6 is 11.3 Å². The molecule has 3 rings (SSSR count). The third-order valence-corrected chi connectivity index (χ3v) is 3.89. The Kier molecular flexibility index (Phi) is 2.85. The number of anilines is 2. The van der Waals surface area contributed by atoms with Gasteiger partial charge in [-0.1, -0.05) is 0 Å². The van der Waals surface area contributed by atoms with Crippen LogP contribution in [0.5, 0.6) is 0 Å². The van der Waals surface area contributed by atoms with Gasteiger partial charge in [-0.25, -0.2) is 4.98 Å². The fraction of sp³-hybridized carbons (Fsp3) is 0.364. The zero-order valence-corrected chi connectivity index (χ0v) is 11.0. The molecule has 0 amide bonds. The molecule has 0 radical (unpaired) electrons. The second kappa shape index (κ2) is 4.53. The number of hydrogen-bond donors (Lipinski definition) is 2.